The largest absolute Gasteiger partial charge is 0.507 e. The molecule has 8 heteroatoms. The van der Waals surface area contributed by atoms with Gasteiger partial charge in [0.1, 0.15) is 11.4 Å². The number of hydrogen-bond acceptors (Lipinski definition) is 5. The van der Waals surface area contributed by atoms with E-state index in [4.69, 9.17) is 11.6 Å². The molecule has 0 aliphatic rings. The van der Waals surface area contributed by atoms with E-state index >= 15 is 0 Å². The molecule has 3 N–H and O–H groups in total. The number of halogens is 1. The smallest absolute Gasteiger partial charge is 0.287 e. The zero-order chi connectivity index (χ0) is 29.9. The molecule has 4 aromatic carbocycles. The number of phenols is 1. The summed E-state index contributed by atoms with van der Waals surface area (Å²) in [4.78, 5) is 28.3. The quantitative estimate of drug-likeness (QED) is 0.109. The summed E-state index contributed by atoms with van der Waals surface area (Å²) in [5.74, 6) is -1.03. The lowest BCUT2D eigenvalue weighted by Gasteiger charge is -2.21. The number of benzene rings is 4. The number of nitrogens with zero attached hydrogens (tertiary/aromatic N) is 2. The summed E-state index contributed by atoms with van der Waals surface area (Å²) in [7, 11) is 0. The van der Waals surface area contributed by atoms with Crippen LogP contribution in [0.25, 0.3) is 6.08 Å². The molecule has 0 spiro atoms. The van der Waals surface area contributed by atoms with Crippen LogP contribution in [0.3, 0.4) is 0 Å². The predicted octanol–water partition coefficient (Wildman–Crippen LogP) is 6.40. The first-order valence-corrected chi connectivity index (χ1v) is 14.1. The van der Waals surface area contributed by atoms with Crippen molar-refractivity contribution in [3.05, 3.63) is 136 Å². The van der Waals surface area contributed by atoms with Crippen LogP contribution in [0.5, 0.6) is 5.75 Å². The SMILES string of the molecule is CCN(CC)c1ccc(/C=C(/NC(=O)c2ccccc2)C(=O)N/N=C\c2cc(Cc3ccccc3Cl)ccc2O)cc1. The minimum absolute atomic E-state index is 0.0114. The third-order valence-corrected chi connectivity index (χ3v) is 7.04. The molecule has 0 atom stereocenters. The molecular formula is C34H33ClN4O3. The van der Waals surface area contributed by atoms with Gasteiger partial charge in [0.15, 0.2) is 0 Å². The molecule has 0 saturated carbocycles. The standard InChI is InChI=1S/C34H33ClN4O3/c1-3-39(4-2)29-17-14-24(15-18-29)22-31(37-33(41)26-10-6-5-7-11-26)34(42)38-36-23-28-21-25(16-19-32(28)40)20-27-12-8-9-13-30(27)35/h5-19,21-23,40H,3-4,20H2,1-2H3,(H,37,41)(H,38,42)/b31-22+,36-23-. The van der Waals surface area contributed by atoms with E-state index in [1.54, 1.807) is 48.5 Å². The normalized spacial score (nSPS) is 11.4. The van der Waals surface area contributed by atoms with Gasteiger partial charge in [0.05, 0.1) is 6.21 Å². The lowest BCUT2D eigenvalue weighted by atomic mass is 10.0. The number of anilines is 1. The summed E-state index contributed by atoms with van der Waals surface area (Å²) >= 11 is 6.30. The van der Waals surface area contributed by atoms with E-state index in [2.05, 4.69) is 34.6 Å². The van der Waals surface area contributed by atoms with Crippen molar-refractivity contribution in [3.63, 3.8) is 0 Å². The van der Waals surface area contributed by atoms with Crippen molar-refractivity contribution in [2.75, 3.05) is 18.0 Å². The molecule has 4 rings (SSSR count). The van der Waals surface area contributed by atoms with Crippen molar-refractivity contribution in [2.24, 2.45) is 5.10 Å². The van der Waals surface area contributed by atoms with Crippen LogP contribution >= 0.6 is 11.6 Å². The van der Waals surface area contributed by atoms with E-state index in [-0.39, 0.29) is 11.4 Å². The monoisotopic (exact) mass is 580 g/mol. The molecule has 0 aliphatic heterocycles. The van der Waals surface area contributed by atoms with Gasteiger partial charge < -0.3 is 15.3 Å². The zero-order valence-electron chi connectivity index (χ0n) is 23.5. The number of aromatic hydroxyl groups is 1. The third-order valence-electron chi connectivity index (χ3n) is 6.68. The highest BCUT2D eigenvalue weighted by molar-refractivity contribution is 6.31. The maximum absolute atomic E-state index is 13.2. The fourth-order valence-corrected chi connectivity index (χ4v) is 4.58. The zero-order valence-corrected chi connectivity index (χ0v) is 24.3. The van der Waals surface area contributed by atoms with Crippen LogP contribution in [0.1, 0.15) is 46.5 Å². The topological polar surface area (TPSA) is 94.0 Å². The molecule has 0 radical (unpaired) electrons. The van der Waals surface area contributed by atoms with Crippen molar-refractivity contribution >= 4 is 41.4 Å². The summed E-state index contributed by atoms with van der Waals surface area (Å²) in [6, 6.07) is 29.1. The van der Waals surface area contributed by atoms with Gasteiger partial charge in [-0.15, -0.1) is 0 Å². The van der Waals surface area contributed by atoms with E-state index in [1.165, 1.54) is 6.21 Å². The first-order chi connectivity index (χ1) is 20.4. The van der Waals surface area contributed by atoms with E-state index in [9.17, 15) is 14.7 Å². The number of amides is 2. The van der Waals surface area contributed by atoms with Gasteiger partial charge >= 0.3 is 0 Å². The van der Waals surface area contributed by atoms with Crippen LogP contribution in [-0.4, -0.2) is 36.2 Å². The van der Waals surface area contributed by atoms with Crippen LogP contribution < -0.4 is 15.6 Å². The summed E-state index contributed by atoms with van der Waals surface area (Å²) in [5.41, 5.74) is 7.00. The van der Waals surface area contributed by atoms with E-state index in [0.29, 0.717) is 22.6 Å². The minimum Gasteiger partial charge on any atom is -0.507 e. The number of carbonyl (C=O) groups excluding carboxylic acids is 2. The Kier molecular flexibility index (Phi) is 10.5. The van der Waals surface area contributed by atoms with Crippen molar-refractivity contribution in [3.8, 4) is 5.75 Å². The van der Waals surface area contributed by atoms with Gasteiger partial charge in [0, 0.05) is 34.9 Å². The lowest BCUT2D eigenvalue weighted by Crippen LogP contribution is -2.32. The molecule has 0 heterocycles. The number of rotatable bonds is 11. The Hall–Kier alpha value is -4.88. The molecular weight excluding hydrogens is 548 g/mol. The van der Waals surface area contributed by atoms with Crippen molar-refractivity contribution in [1.29, 1.82) is 0 Å². The van der Waals surface area contributed by atoms with E-state index in [0.717, 1.165) is 35.5 Å². The van der Waals surface area contributed by atoms with E-state index < -0.39 is 11.8 Å². The van der Waals surface area contributed by atoms with Gasteiger partial charge in [0.2, 0.25) is 0 Å². The molecule has 0 unspecified atom stereocenters. The average molecular weight is 581 g/mol. The average Bonchev–Trinajstić information content (AvgIpc) is 3.01. The van der Waals surface area contributed by atoms with Gasteiger partial charge in [-0.1, -0.05) is 66.2 Å². The van der Waals surface area contributed by atoms with Crippen LogP contribution in [0.2, 0.25) is 5.02 Å². The third kappa shape index (κ3) is 8.08. The highest BCUT2D eigenvalue weighted by atomic mass is 35.5. The highest BCUT2D eigenvalue weighted by Gasteiger charge is 2.15. The fraction of sp³-hybridized carbons (Fsp3) is 0.147. The van der Waals surface area contributed by atoms with E-state index in [1.807, 2.05) is 54.6 Å². The second-order valence-corrected chi connectivity index (χ2v) is 9.91. The van der Waals surface area contributed by atoms with Gasteiger partial charge in [0.25, 0.3) is 11.8 Å². The minimum atomic E-state index is -0.616. The van der Waals surface area contributed by atoms with Gasteiger partial charge in [-0.2, -0.15) is 5.10 Å². The molecule has 2 amide bonds. The fourth-order valence-electron chi connectivity index (χ4n) is 4.38. The molecule has 0 aromatic heterocycles. The Morgan fingerprint density at radius 2 is 1.60 bits per heavy atom. The predicted molar refractivity (Wildman–Crippen MR) is 170 cm³/mol. The van der Waals surface area contributed by atoms with Gasteiger partial charge in [-0.05, 0) is 85.5 Å². The highest BCUT2D eigenvalue weighted by Crippen LogP contribution is 2.23. The van der Waals surface area contributed by atoms with Crippen molar-refractivity contribution in [2.45, 2.75) is 20.3 Å². The summed E-state index contributed by atoms with van der Waals surface area (Å²) in [5, 5.41) is 17.8. The Morgan fingerprint density at radius 3 is 2.29 bits per heavy atom. The van der Waals surface area contributed by atoms with Crippen LogP contribution in [-0.2, 0) is 11.2 Å². The molecule has 42 heavy (non-hydrogen) atoms. The molecule has 7 nitrogen and oxygen atoms in total. The maximum atomic E-state index is 13.2. The Labute approximate surface area is 251 Å². The second kappa shape index (κ2) is 14.7. The van der Waals surface area contributed by atoms with Gasteiger partial charge in [-0.25, -0.2) is 5.43 Å². The molecule has 0 bridgehead atoms. The number of phenolic OH excluding ortho intramolecular Hbond substituents is 1. The molecule has 0 fully saturated rings. The molecule has 4 aromatic rings. The second-order valence-electron chi connectivity index (χ2n) is 9.50. The summed E-state index contributed by atoms with van der Waals surface area (Å²) in [6.45, 7) is 5.94. The first-order valence-electron chi connectivity index (χ1n) is 13.7. The maximum Gasteiger partial charge on any atom is 0.287 e. The first kappa shape index (κ1) is 30.1. The number of nitrogens with one attached hydrogen (secondary N) is 2. The van der Waals surface area contributed by atoms with Crippen LogP contribution in [0.15, 0.2) is 108 Å². The van der Waals surface area contributed by atoms with Crippen LogP contribution in [0, 0.1) is 0 Å². The summed E-state index contributed by atoms with van der Waals surface area (Å²) < 4.78 is 0. The Bertz CT molecular complexity index is 1580. The van der Waals surface area contributed by atoms with Crippen LogP contribution in [0.4, 0.5) is 5.69 Å². The lowest BCUT2D eigenvalue weighted by molar-refractivity contribution is -0.117. The molecule has 214 valence electrons. The number of hydrazone groups is 1. The number of hydrogen-bond donors (Lipinski definition) is 3. The van der Waals surface area contributed by atoms with Crippen molar-refractivity contribution < 1.29 is 14.7 Å². The summed E-state index contributed by atoms with van der Waals surface area (Å²) in [6.07, 6.45) is 3.52. The number of carbonyl (C=O) groups is 2. The Balaban J connectivity index is 1.53. The molecule has 0 saturated heterocycles. The molecule has 0 aliphatic carbocycles. The van der Waals surface area contributed by atoms with Crippen molar-refractivity contribution in [1.82, 2.24) is 10.7 Å². The van der Waals surface area contributed by atoms with Gasteiger partial charge in [-0.3, -0.25) is 9.59 Å². The Morgan fingerprint density at radius 1 is 0.905 bits per heavy atom.